The van der Waals surface area contributed by atoms with Gasteiger partial charge in [0.15, 0.2) is 0 Å². The molecule has 0 spiro atoms. The molecule has 1 saturated carbocycles. The summed E-state index contributed by atoms with van der Waals surface area (Å²) in [6, 6.07) is 6.15. The number of aryl methyl sites for hydroxylation is 3. The topological polar surface area (TPSA) is 77.0 Å². The second-order valence-corrected chi connectivity index (χ2v) is 6.12. The lowest BCUT2D eigenvalue weighted by atomic mass is 10.1. The molecule has 0 bridgehead atoms. The van der Waals surface area contributed by atoms with E-state index in [0.29, 0.717) is 6.42 Å². The average Bonchev–Trinajstić information content (AvgIpc) is 2.96. The molecule has 3 atom stereocenters. The van der Waals surface area contributed by atoms with E-state index in [1.54, 1.807) is 0 Å². The number of rotatable bonds is 2. The van der Waals surface area contributed by atoms with Gasteiger partial charge in [0, 0.05) is 12.0 Å². The molecule has 1 aromatic heterocycles. The molecule has 1 fully saturated rings. The first-order chi connectivity index (χ1) is 9.95. The lowest BCUT2D eigenvalue weighted by Crippen LogP contribution is -2.28. The summed E-state index contributed by atoms with van der Waals surface area (Å²) in [6.45, 7) is 6.04. The Kier molecular flexibility index (Phi) is 4.90. The van der Waals surface area contributed by atoms with Crippen LogP contribution in [-0.4, -0.2) is 32.0 Å². The maximum atomic E-state index is 9.91. The predicted octanol–water partition coefficient (Wildman–Crippen LogP) is 2.18. The predicted molar refractivity (Wildman–Crippen MR) is 88.8 cm³/mol. The molecule has 1 aliphatic rings. The summed E-state index contributed by atoms with van der Waals surface area (Å²) in [4.78, 5) is 4.59. The standard InChI is InChI=1S/C16H22N4O.ClH/c1-9-4-5-10(2)14(6-9)20-16(18-11(3)19-20)12-7-13(17)15(21)8-12;/h4-6,12-13,15,21H,7-8,17H2,1-3H3;1H/t12-,13-,15-;/m0./s1. The molecule has 3 rings (SSSR count). The van der Waals surface area contributed by atoms with E-state index in [-0.39, 0.29) is 24.4 Å². The molecule has 1 heterocycles. The Morgan fingerprint density at radius 3 is 2.59 bits per heavy atom. The monoisotopic (exact) mass is 322 g/mol. The molecule has 0 amide bonds. The van der Waals surface area contributed by atoms with Crippen LogP contribution >= 0.6 is 12.4 Å². The molecule has 0 unspecified atom stereocenters. The third-order valence-corrected chi connectivity index (χ3v) is 4.27. The lowest BCUT2D eigenvalue weighted by molar-refractivity contribution is 0.163. The van der Waals surface area contributed by atoms with Gasteiger partial charge in [-0.25, -0.2) is 9.67 Å². The first kappa shape index (κ1) is 16.9. The molecular formula is C16H23ClN4O. The number of hydrogen-bond donors (Lipinski definition) is 2. The molecule has 0 aliphatic heterocycles. The number of aliphatic hydroxyl groups excluding tert-OH is 1. The Balaban J connectivity index is 0.00000176. The Morgan fingerprint density at radius 2 is 1.95 bits per heavy atom. The first-order valence-electron chi connectivity index (χ1n) is 7.40. The highest BCUT2D eigenvalue weighted by atomic mass is 35.5. The fourth-order valence-corrected chi connectivity index (χ4v) is 3.08. The summed E-state index contributed by atoms with van der Waals surface area (Å²) in [6.07, 6.45) is 0.966. The Labute approximate surface area is 137 Å². The summed E-state index contributed by atoms with van der Waals surface area (Å²) < 4.78 is 1.92. The summed E-state index contributed by atoms with van der Waals surface area (Å²) >= 11 is 0. The van der Waals surface area contributed by atoms with Crippen LogP contribution in [0.5, 0.6) is 0 Å². The van der Waals surface area contributed by atoms with E-state index < -0.39 is 6.10 Å². The molecule has 22 heavy (non-hydrogen) atoms. The van der Waals surface area contributed by atoms with E-state index >= 15 is 0 Å². The van der Waals surface area contributed by atoms with Crippen molar-refractivity contribution >= 4 is 12.4 Å². The highest BCUT2D eigenvalue weighted by Gasteiger charge is 2.34. The van der Waals surface area contributed by atoms with Gasteiger partial charge in [-0.2, -0.15) is 5.10 Å². The van der Waals surface area contributed by atoms with Crippen molar-refractivity contribution in [3.05, 3.63) is 41.0 Å². The van der Waals surface area contributed by atoms with Gasteiger partial charge in [0.05, 0.1) is 11.8 Å². The van der Waals surface area contributed by atoms with Gasteiger partial charge >= 0.3 is 0 Å². The Morgan fingerprint density at radius 1 is 1.23 bits per heavy atom. The van der Waals surface area contributed by atoms with Crippen LogP contribution in [-0.2, 0) is 0 Å². The molecule has 1 aliphatic carbocycles. The summed E-state index contributed by atoms with van der Waals surface area (Å²) in [5.74, 6) is 1.82. The van der Waals surface area contributed by atoms with E-state index in [4.69, 9.17) is 5.73 Å². The van der Waals surface area contributed by atoms with Gasteiger partial charge in [-0.15, -0.1) is 12.4 Å². The number of aromatic nitrogens is 3. The summed E-state index contributed by atoms with van der Waals surface area (Å²) in [5, 5.41) is 14.5. The zero-order valence-corrected chi connectivity index (χ0v) is 14.0. The minimum Gasteiger partial charge on any atom is -0.391 e. The van der Waals surface area contributed by atoms with E-state index in [1.807, 2.05) is 11.6 Å². The van der Waals surface area contributed by atoms with Crippen molar-refractivity contribution in [3.63, 3.8) is 0 Å². The van der Waals surface area contributed by atoms with E-state index in [9.17, 15) is 5.11 Å². The highest BCUT2D eigenvalue weighted by Crippen LogP contribution is 2.34. The van der Waals surface area contributed by atoms with Crippen molar-refractivity contribution in [1.82, 2.24) is 14.8 Å². The van der Waals surface area contributed by atoms with Crippen molar-refractivity contribution in [1.29, 1.82) is 0 Å². The van der Waals surface area contributed by atoms with Gasteiger partial charge in [-0.3, -0.25) is 0 Å². The second-order valence-electron chi connectivity index (χ2n) is 6.12. The number of hydrogen-bond acceptors (Lipinski definition) is 4. The number of nitrogens with zero attached hydrogens (tertiary/aromatic N) is 3. The maximum absolute atomic E-state index is 9.91. The minimum absolute atomic E-state index is 0. The summed E-state index contributed by atoms with van der Waals surface area (Å²) in [7, 11) is 0. The molecule has 120 valence electrons. The third kappa shape index (κ3) is 3.02. The van der Waals surface area contributed by atoms with Crippen molar-refractivity contribution in [3.8, 4) is 5.69 Å². The summed E-state index contributed by atoms with van der Waals surface area (Å²) in [5.41, 5.74) is 9.36. The smallest absolute Gasteiger partial charge is 0.148 e. The van der Waals surface area contributed by atoms with Gasteiger partial charge in [-0.05, 0) is 50.8 Å². The van der Waals surface area contributed by atoms with Crippen LogP contribution in [0.25, 0.3) is 5.69 Å². The molecule has 0 radical (unpaired) electrons. The largest absolute Gasteiger partial charge is 0.391 e. The minimum atomic E-state index is -0.445. The van der Waals surface area contributed by atoms with Crippen molar-refractivity contribution in [2.75, 3.05) is 0 Å². The fraction of sp³-hybridized carbons (Fsp3) is 0.500. The van der Waals surface area contributed by atoms with Crippen molar-refractivity contribution in [2.24, 2.45) is 5.73 Å². The van der Waals surface area contributed by atoms with Gasteiger partial charge in [0.2, 0.25) is 0 Å². The van der Waals surface area contributed by atoms with Crippen LogP contribution in [0.1, 0.15) is 41.5 Å². The van der Waals surface area contributed by atoms with Gasteiger partial charge in [0.1, 0.15) is 11.6 Å². The molecule has 5 nitrogen and oxygen atoms in total. The molecule has 1 aromatic carbocycles. The fourth-order valence-electron chi connectivity index (χ4n) is 3.08. The van der Waals surface area contributed by atoms with Crippen LogP contribution in [0.15, 0.2) is 18.2 Å². The van der Waals surface area contributed by atoms with Crippen LogP contribution in [0, 0.1) is 20.8 Å². The maximum Gasteiger partial charge on any atom is 0.148 e. The van der Waals surface area contributed by atoms with Crippen molar-refractivity contribution in [2.45, 2.75) is 51.7 Å². The van der Waals surface area contributed by atoms with E-state index in [2.05, 4.69) is 42.1 Å². The number of benzene rings is 1. The Hall–Kier alpha value is -1.43. The molecule has 2 aromatic rings. The zero-order chi connectivity index (χ0) is 15.1. The highest BCUT2D eigenvalue weighted by molar-refractivity contribution is 5.85. The quantitative estimate of drug-likeness (QED) is 0.888. The molecule has 6 heteroatoms. The number of aliphatic hydroxyl groups is 1. The van der Waals surface area contributed by atoms with E-state index in [1.165, 1.54) is 5.56 Å². The second kappa shape index (κ2) is 6.36. The first-order valence-corrected chi connectivity index (χ1v) is 7.40. The lowest BCUT2D eigenvalue weighted by Gasteiger charge is -2.13. The normalized spacial score (nSPS) is 24.3. The van der Waals surface area contributed by atoms with Crippen molar-refractivity contribution < 1.29 is 5.11 Å². The van der Waals surface area contributed by atoms with Crippen LogP contribution in [0.3, 0.4) is 0 Å². The SMILES string of the molecule is Cc1ccc(C)c(-n2nc(C)nc2[C@H]2C[C@H](N)[C@@H](O)C2)c1.Cl. The average molecular weight is 323 g/mol. The van der Waals surface area contributed by atoms with Crippen LogP contribution in [0.4, 0.5) is 0 Å². The zero-order valence-electron chi connectivity index (χ0n) is 13.2. The van der Waals surface area contributed by atoms with Crippen LogP contribution < -0.4 is 5.73 Å². The van der Waals surface area contributed by atoms with Crippen LogP contribution in [0.2, 0.25) is 0 Å². The van der Waals surface area contributed by atoms with Gasteiger partial charge < -0.3 is 10.8 Å². The number of halogens is 1. The number of nitrogens with two attached hydrogens (primary N) is 1. The van der Waals surface area contributed by atoms with Gasteiger partial charge in [0.25, 0.3) is 0 Å². The molecular weight excluding hydrogens is 300 g/mol. The van der Waals surface area contributed by atoms with E-state index in [0.717, 1.165) is 29.3 Å². The van der Waals surface area contributed by atoms with Gasteiger partial charge in [-0.1, -0.05) is 12.1 Å². The molecule has 0 saturated heterocycles. The molecule has 3 N–H and O–H groups in total. The third-order valence-electron chi connectivity index (χ3n) is 4.27. The Bertz CT molecular complexity index is 660.